The van der Waals surface area contributed by atoms with Crippen molar-refractivity contribution < 1.29 is 13.5 Å². The minimum absolute atomic E-state index is 0.102. The molecule has 0 aliphatic carbocycles. The molecule has 2 N–H and O–H groups in total. The molecule has 0 aromatic carbocycles. The summed E-state index contributed by atoms with van der Waals surface area (Å²) in [6.07, 6.45) is 1.31. The van der Waals surface area contributed by atoms with Crippen LogP contribution in [0, 0.1) is 0 Å². The van der Waals surface area contributed by atoms with Crippen LogP contribution in [0.5, 0.6) is 0 Å². The van der Waals surface area contributed by atoms with E-state index in [9.17, 15) is 8.42 Å². The largest absolute Gasteiger partial charge is 0.396 e. The monoisotopic (exact) mass is 409 g/mol. The summed E-state index contributed by atoms with van der Waals surface area (Å²) in [5, 5.41) is 13.2. The van der Waals surface area contributed by atoms with Crippen molar-refractivity contribution in [3.05, 3.63) is 38.3 Å². The maximum Gasteiger partial charge on any atom is 0.250 e. The number of nitrogens with one attached hydrogen (secondary N) is 1. The molecule has 0 saturated heterocycles. The predicted octanol–water partition coefficient (Wildman–Crippen LogP) is 3.41. The van der Waals surface area contributed by atoms with E-state index in [-0.39, 0.29) is 12.5 Å². The second kappa shape index (κ2) is 7.85. The molecule has 4 nitrogen and oxygen atoms in total. The van der Waals surface area contributed by atoms with E-state index in [0.717, 1.165) is 9.35 Å². The summed E-state index contributed by atoms with van der Waals surface area (Å²) in [6, 6.07) is 5.33. The minimum atomic E-state index is -3.44. The number of aliphatic hydroxyl groups is 1. The van der Waals surface area contributed by atoms with Crippen molar-refractivity contribution in [1.29, 1.82) is 0 Å². The Morgan fingerprint density at radius 1 is 1.29 bits per heavy atom. The number of hydrogen-bond acceptors (Lipinski definition) is 5. The zero-order valence-electron chi connectivity index (χ0n) is 11.2. The maximum absolute atomic E-state index is 12.1. The fourth-order valence-electron chi connectivity index (χ4n) is 2.02. The van der Waals surface area contributed by atoms with Gasteiger partial charge in [-0.3, -0.25) is 0 Å². The van der Waals surface area contributed by atoms with Crippen LogP contribution in [0.15, 0.2) is 37.0 Å². The fraction of sp³-hybridized carbons (Fsp3) is 0.385. The van der Waals surface area contributed by atoms with Crippen molar-refractivity contribution in [2.24, 2.45) is 0 Å². The van der Waals surface area contributed by atoms with Crippen LogP contribution >= 0.6 is 38.6 Å². The van der Waals surface area contributed by atoms with E-state index in [4.69, 9.17) is 5.11 Å². The summed E-state index contributed by atoms with van der Waals surface area (Å²) < 4.78 is 27.9. The van der Waals surface area contributed by atoms with Crippen LogP contribution < -0.4 is 4.72 Å². The first-order valence-electron chi connectivity index (χ1n) is 6.41. The summed E-state index contributed by atoms with van der Waals surface area (Å²) >= 11 is 6.06. The zero-order chi connectivity index (χ0) is 15.3. The van der Waals surface area contributed by atoms with Crippen LogP contribution in [0.2, 0.25) is 0 Å². The van der Waals surface area contributed by atoms with Gasteiger partial charge in [-0.15, -0.1) is 11.3 Å². The lowest BCUT2D eigenvalue weighted by Crippen LogP contribution is -2.25. The molecule has 0 aliphatic rings. The van der Waals surface area contributed by atoms with Gasteiger partial charge in [0.1, 0.15) is 4.21 Å². The maximum atomic E-state index is 12.1. The van der Waals surface area contributed by atoms with E-state index in [1.54, 1.807) is 23.5 Å². The second-order valence-electron chi connectivity index (χ2n) is 4.51. The van der Waals surface area contributed by atoms with Crippen LogP contribution in [0.1, 0.15) is 24.3 Å². The number of sulfonamides is 1. The number of thiophene rings is 2. The van der Waals surface area contributed by atoms with E-state index in [0.29, 0.717) is 23.6 Å². The lowest BCUT2D eigenvalue weighted by molar-refractivity contribution is 0.273. The van der Waals surface area contributed by atoms with E-state index >= 15 is 0 Å². The molecule has 8 heteroatoms. The van der Waals surface area contributed by atoms with Gasteiger partial charge in [0.2, 0.25) is 10.0 Å². The van der Waals surface area contributed by atoms with Gasteiger partial charge in [-0.2, -0.15) is 11.3 Å². The molecule has 0 aliphatic heterocycles. The molecular weight excluding hydrogens is 394 g/mol. The van der Waals surface area contributed by atoms with Crippen LogP contribution in [0.4, 0.5) is 0 Å². The summed E-state index contributed by atoms with van der Waals surface area (Å²) in [5.74, 6) is 0.180. The molecule has 116 valence electrons. The molecule has 1 unspecified atom stereocenters. The lowest BCUT2D eigenvalue weighted by Gasteiger charge is -2.14. The van der Waals surface area contributed by atoms with Gasteiger partial charge in [0.25, 0.3) is 0 Å². The first-order chi connectivity index (χ1) is 10.0. The molecule has 0 bridgehead atoms. The van der Waals surface area contributed by atoms with Crippen molar-refractivity contribution in [2.45, 2.75) is 23.0 Å². The van der Waals surface area contributed by atoms with Crippen molar-refractivity contribution in [2.75, 3.05) is 13.2 Å². The Labute approximate surface area is 141 Å². The summed E-state index contributed by atoms with van der Waals surface area (Å²) in [5.41, 5.74) is 1.16. The Kier molecular flexibility index (Phi) is 6.39. The standard InChI is InChI=1S/C13H16BrNO3S3/c14-12-1-2-13(20-12)21(17,18)15-6-3-10(4-7-16)11-5-8-19-9-11/h1-2,5,8-10,15-16H,3-4,6-7H2. The fourth-order valence-corrected chi connectivity index (χ4v) is 5.87. The Hall–Kier alpha value is -0.250. The quantitative estimate of drug-likeness (QED) is 0.701. The second-order valence-corrected chi connectivity index (χ2v) is 9.75. The molecule has 2 aromatic heterocycles. The summed E-state index contributed by atoms with van der Waals surface area (Å²) in [6.45, 7) is 0.462. The predicted molar refractivity (Wildman–Crippen MR) is 90.6 cm³/mol. The number of rotatable bonds is 8. The molecule has 21 heavy (non-hydrogen) atoms. The van der Waals surface area contributed by atoms with Crippen molar-refractivity contribution in [3.8, 4) is 0 Å². The van der Waals surface area contributed by atoms with E-state index in [1.165, 1.54) is 11.3 Å². The molecule has 0 radical (unpaired) electrons. The molecule has 2 heterocycles. The Bertz CT molecular complexity index is 652. The van der Waals surface area contributed by atoms with Crippen LogP contribution in [-0.2, 0) is 10.0 Å². The molecule has 0 fully saturated rings. The van der Waals surface area contributed by atoms with E-state index in [1.807, 2.05) is 16.8 Å². The highest BCUT2D eigenvalue weighted by atomic mass is 79.9. The zero-order valence-corrected chi connectivity index (χ0v) is 15.2. The normalized spacial score (nSPS) is 13.4. The van der Waals surface area contributed by atoms with Gasteiger partial charge < -0.3 is 5.11 Å². The molecule has 1 atom stereocenters. The van der Waals surface area contributed by atoms with Crippen molar-refractivity contribution >= 4 is 48.6 Å². The highest BCUT2D eigenvalue weighted by molar-refractivity contribution is 9.11. The Morgan fingerprint density at radius 3 is 2.67 bits per heavy atom. The van der Waals surface area contributed by atoms with Gasteiger partial charge >= 0.3 is 0 Å². The number of halogens is 1. The van der Waals surface area contributed by atoms with Crippen molar-refractivity contribution in [3.63, 3.8) is 0 Å². The lowest BCUT2D eigenvalue weighted by atomic mass is 9.95. The van der Waals surface area contributed by atoms with E-state index < -0.39 is 10.0 Å². The van der Waals surface area contributed by atoms with Crippen LogP contribution in [0.25, 0.3) is 0 Å². The van der Waals surface area contributed by atoms with Gasteiger partial charge in [-0.25, -0.2) is 13.1 Å². The van der Waals surface area contributed by atoms with Gasteiger partial charge in [0.05, 0.1) is 3.79 Å². The van der Waals surface area contributed by atoms with Gasteiger partial charge in [-0.1, -0.05) is 0 Å². The Balaban J connectivity index is 1.93. The third-order valence-electron chi connectivity index (χ3n) is 3.09. The minimum Gasteiger partial charge on any atom is -0.396 e. The molecule has 0 spiro atoms. The molecule has 0 saturated carbocycles. The number of hydrogen-bond donors (Lipinski definition) is 2. The highest BCUT2D eigenvalue weighted by Crippen LogP contribution is 2.27. The molecule has 0 amide bonds. The third-order valence-corrected chi connectivity index (χ3v) is 7.37. The first kappa shape index (κ1) is 17.1. The number of aliphatic hydroxyl groups excluding tert-OH is 1. The van der Waals surface area contributed by atoms with Crippen molar-refractivity contribution in [1.82, 2.24) is 4.72 Å². The molecular formula is C13H16BrNO3S3. The summed E-state index contributed by atoms with van der Waals surface area (Å²) in [7, 11) is -3.44. The molecule has 2 aromatic rings. The van der Waals surface area contributed by atoms with Gasteiger partial charge in [0, 0.05) is 13.2 Å². The third kappa shape index (κ3) is 4.87. The van der Waals surface area contributed by atoms with E-state index in [2.05, 4.69) is 20.7 Å². The molecule has 2 rings (SSSR count). The smallest absolute Gasteiger partial charge is 0.250 e. The SMILES string of the molecule is O=S(=O)(NCCC(CCO)c1ccsc1)c1ccc(Br)s1. The van der Waals surface area contributed by atoms with Gasteiger partial charge in [0.15, 0.2) is 0 Å². The average Bonchev–Trinajstić information content (AvgIpc) is 3.08. The summed E-state index contributed by atoms with van der Waals surface area (Å²) in [4.78, 5) is 0. The van der Waals surface area contributed by atoms with Gasteiger partial charge in [-0.05, 0) is 69.2 Å². The highest BCUT2D eigenvalue weighted by Gasteiger charge is 2.18. The average molecular weight is 410 g/mol. The first-order valence-corrected chi connectivity index (χ1v) is 10.4. The topological polar surface area (TPSA) is 66.4 Å². The van der Waals surface area contributed by atoms with Crippen LogP contribution in [0.3, 0.4) is 0 Å². The Morgan fingerprint density at radius 2 is 2.10 bits per heavy atom. The van der Waals surface area contributed by atoms with Crippen LogP contribution in [-0.4, -0.2) is 26.7 Å².